The fourth-order valence-electron chi connectivity index (χ4n) is 2.46. The molecular formula is C18H17N5O4S2. The first kappa shape index (κ1) is 20.6. The molecule has 0 aliphatic rings. The summed E-state index contributed by atoms with van der Waals surface area (Å²) in [5.74, 6) is -0.510. The third-order valence-corrected chi connectivity index (χ3v) is 5.98. The highest BCUT2D eigenvalue weighted by Crippen LogP contribution is 2.24. The molecule has 0 saturated heterocycles. The smallest absolute Gasteiger partial charge is 0.283 e. The van der Waals surface area contributed by atoms with Crippen molar-refractivity contribution in [3.63, 3.8) is 0 Å². The Labute approximate surface area is 171 Å². The van der Waals surface area contributed by atoms with Gasteiger partial charge in [-0.3, -0.25) is 9.78 Å². The molecule has 3 aromatic rings. The van der Waals surface area contributed by atoms with E-state index in [2.05, 4.69) is 20.2 Å². The number of rotatable bonds is 6. The summed E-state index contributed by atoms with van der Waals surface area (Å²) in [7, 11) is -2.19. The van der Waals surface area contributed by atoms with Crippen molar-refractivity contribution in [2.45, 2.75) is 11.4 Å². The minimum Gasteiger partial charge on any atom is -0.493 e. The second kappa shape index (κ2) is 8.47. The van der Waals surface area contributed by atoms with Gasteiger partial charge in [0.15, 0.2) is 4.77 Å². The molecule has 2 aromatic carbocycles. The quantitative estimate of drug-likeness (QED) is 0.407. The predicted molar refractivity (Wildman–Crippen MR) is 110 cm³/mol. The van der Waals surface area contributed by atoms with Crippen molar-refractivity contribution in [1.82, 2.24) is 14.3 Å². The molecular weight excluding hydrogens is 414 g/mol. The van der Waals surface area contributed by atoms with Crippen LogP contribution in [-0.4, -0.2) is 34.8 Å². The molecule has 11 heteroatoms. The lowest BCUT2D eigenvalue weighted by Gasteiger charge is -2.17. The van der Waals surface area contributed by atoms with Crippen molar-refractivity contribution in [2.75, 3.05) is 7.05 Å². The van der Waals surface area contributed by atoms with E-state index in [0.29, 0.717) is 5.69 Å². The number of azo groups is 1. The maximum atomic E-state index is 12.7. The molecule has 0 atom stereocenters. The van der Waals surface area contributed by atoms with Gasteiger partial charge in [-0.15, -0.1) is 5.11 Å². The highest BCUT2D eigenvalue weighted by molar-refractivity contribution is 7.89. The normalized spacial score (nSPS) is 11.9. The van der Waals surface area contributed by atoms with Crippen LogP contribution in [0.1, 0.15) is 5.56 Å². The minimum absolute atomic E-state index is 0.0411. The summed E-state index contributed by atoms with van der Waals surface area (Å²) in [5.41, 5.74) is 0.140. The summed E-state index contributed by atoms with van der Waals surface area (Å²) in [6.07, 6.45) is 0. The third-order valence-electron chi connectivity index (χ3n) is 3.96. The average Bonchev–Trinajstić information content (AvgIpc) is 2.68. The molecule has 0 bridgehead atoms. The molecule has 0 spiro atoms. The van der Waals surface area contributed by atoms with Gasteiger partial charge in [0.25, 0.3) is 5.56 Å². The number of aromatic hydroxyl groups is 1. The topological polar surface area (TPSA) is 131 Å². The van der Waals surface area contributed by atoms with E-state index < -0.39 is 21.5 Å². The zero-order valence-corrected chi connectivity index (χ0v) is 16.9. The number of benzene rings is 2. The lowest BCUT2D eigenvalue weighted by atomic mass is 10.2. The Bertz CT molecular complexity index is 1250. The van der Waals surface area contributed by atoms with E-state index in [1.54, 1.807) is 0 Å². The first-order chi connectivity index (χ1) is 13.8. The molecule has 3 rings (SSSR count). The van der Waals surface area contributed by atoms with Crippen LogP contribution in [-0.2, 0) is 16.6 Å². The molecule has 0 fully saturated rings. The van der Waals surface area contributed by atoms with Crippen LogP contribution in [0.3, 0.4) is 0 Å². The summed E-state index contributed by atoms with van der Waals surface area (Å²) in [6, 6.07) is 14.9. The van der Waals surface area contributed by atoms with Gasteiger partial charge >= 0.3 is 0 Å². The second-order valence-corrected chi connectivity index (χ2v) is 8.50. The fourth-order valence-corrected chi connectivity index (χ4v) is 3.81. The summed E-state index contributed by atoms with van der Waals surface area (Å²) in [6.45, 7) is 0.238. The molecule has 0 radical (unpaired) electrons. The first-order valence-corrected chi connectivity index (χ1v) is 10.2. The highest BCUT2D eigenvalue weighted by Gasteiger charge is 2.20. The van der Waals surface area contributed by atoms with E-state index in [9.17, 15) is 18.3 Å². The number of H-pyrrole nitrogens is 2. The standard InChI is InChI=1S/C18H17N5O4S2/c1-23(11-12-5-3-2-4-6-12)29(26,27)14-9-7-13(8-10-14)21-22-15-16(24)19-18(28)20-17(15)25/h2-10H,11H2,1H3,(H3,19,20,24,25,28). The highest BCUT2D eigenvalue weighted by atomic mass is 32.2. The van der Waals surface area contributed by atoms with Crippen LogP contribution in [0.25, 0.3) is 0 Å². The molecule has 3 N–H and O–H groups in total. The predicted octanol–water partition coefficient (Wildman–Crippen LogP) is 3.37. The number of hydrogen-bond donors (Lipinski definition) is 3. The van der Waals surface area contributed by atoms with Crippen molar-refractivity contribution in [1.29, 1.82) is 0 Å². The average molecular weight is 431 g/mol. The minimum atomic E-state index is -3.69. The lowest BCUT2D eigenvalue weighted by molar-refractivity contribution is 0.451. The SMILES string of the molecule is CN(Cc1ccccc1)S(=O)(=O)c1ccc(N=Nc2c(O)[nH]c(=S)[nH]c2=O)cc1. The van der Waals surface area contributed by atoms with Crippen LogP contribution in [0.5, 0.6) is 5.88 Å². The van der Waals surface area contributed by atoms with Crippen molar-refractivity contribution >= 4 is 33.6 Å². The maximum Gasteiger partial charge on any atom is 0.283 e. The Kier molecular flexibility index (Phi) is 6.01. The van der Waals surface area contributed by atoms with E-state index in [0.717, 1.165) is 5.56 Å². The molecule has 150 valence electrons. The van der Waals surface area contributed by atoms with Crippen LogP contribution in [0.4, 0.5) is 11.4 Å². The third kappa shape index (κ3) is 4.83. The van der Waals surface area contributed by atoms with Crippen molar-refractivity contribution in [2.24, 2.45) is 10.2 Å². The summed E-state index contributed by atoms with van der Waals surface area (Å²) >= 11 is 4.73. The number of aromatic nitrogens is 2. The Balaban J connectivity index is 1.79. The van der Waals surface area contributed by atoms with Gasteiger partial charge in [-0.2, -0.15) is 9.42 Å². The van der Waals surface area contributed by atoms with E-state index >= 15 is 0 Å². The number of aromatic amines is 2. The fraction of sp³-hybridized carbons (Fsp3) is 0.111. The van der Waals surface area contributed by atoms with Crippen LogP contribution < -0.4 is 5.56 Å². The Morgan fingerprint density at radius 2 is 1.69 bits per heavy atom. The van der Waals surface area contributed by atoms with Gasteiger partial charge in [0, 0.05) is 13.6 Å². The molecule has 1 heterocycles. The lowest BCUT2D eigenvalue weighted by Crippen LogP contribution is -2.26. The van der Waals surface area contributed by atoms with Crippen molar-refractivity contribution < 1.29 is 13.5 Å². The second-order valence-electron chi connectivity index (χ2n) is 6.05. The number of hydrogen-bond acceptors (Lipinski definition) is 7. The van der Waals surface area contributed by atoms with Crippen LogP contribution in [0, 0.1) is 4.77 Å². The van der Waals surface area contributed by atoms with Gasteiger partial charge in [-0.25, -0.2) is 8.42 Å². The largest absolute Gasteiger partial charge is 0.493 e. The molecule has 29 heavy (non-hydrogen) atoms. The number of sulfonamides is 1. The van der Waals surface area contributed by atoms with Crippen molar-refractivity contribution in [3.05, 3.63) is 75.3 Å². The van der Waals surface area contributed by atoms with Gasteiger partial charge in [-0.05, 0) is 42.0 Å². The molecule has 0 aliphatic carbocycles. The maximum absolute atomic E-state index is 12.7. The summed E-state index contributed by atoms with van der Waals surface area (Å²) < 4.78 is 26.7. The molecule has 0 aliphatic heterocycles. The van der Waals surface area contributed by atoms with Gasteiger partial charge in [0.1, 0.15) is 0 Å². The van der Waals surface area contributed by atoms with Crippen LogP contribution >= 0.6 is 12.2 Å². The van der Waals surface area contributed by atoms with Crippen LogP contribution in [0.2, 0.25) is 0 Å². The Hall–Kier alpha value is -3.15. The van der Waals surface area contributed by atoms with Gasteiger partial charge < -0.3 is 10.1 Å². The zero-order valence-electron chi connectivity index (χ0n) is 15.2. The van der Waals surface area contributed by atoms with Gasteiger partial charge in [-0.1, -0.05) is 30.3 Å². The van der Waals surface area contributed by atoms with E-state index in [1.165, 1.54) is 35.6 Å². The molecule has 0 unspecified atom stereocenters. The first-order valence-electron chi connectivity index (χ1n) is 8.35. The number of nitrogens with one attached hydrogen (secondary N) is 2. The Morgan fingerprint density at radius 1 is 1.03 bits per heavy atom. The van der Waals surface area contributed by atoms with Gasteiger partial charge in [0.05, 0.1) is 10.6 Å². The number of nitrogens with zero attached hydrogens (tertiary/aromatic N) is 3. The zero-order chi connectivity index (χ0) is 21.0. The van der Waals surface area contributed by atoms with E-state index in [4.69, 9.17) is 12.2 Å². The van der Waals surface area contributed by atoms with Crippen molar-refractivity contribution in [3.8, 4) is 5.88 Å². The van der Waals surface area contributed by atoms with E-state index in [-0.39, 0.29) is 21.9 Å². The van der Waals surface area contributed by atoms with E-state index in [1.807, 2.05) is 30.3 Å². The Morgan fingerprint density at radius 3 is 2.31 bits per heavy atom. The monoisotopic (exact) mass is 431 g/mol. The molecule has 0 saturated carbocycles. The molecule has 1 aromatic heterocycles. The summed E-state index contributed by atoms with van der Waals surface area (Å²) in [5, 5.41) is 17.2. The van der Waals surface area contributed by atoms with Crippen LogP contribution in [0.15, 0.2) is 74.5 Å². The molecule has 0 amide bonds. The van der Waals surface area contributed by atoms with Gasteiger partial charge in [0.2, 0.25) is 21.6 Å². The summed E-state index contributed by atoms with van der Waals surface area (Å²) in [4.78, 5) is 16.5. The molecule has 9 nitrogen and oxygen atoms in total.